The number of nitrogens with one attached hydrogen (secondary N) is 2. The molecule has 1 aliphatic rings. The molecule has 2 N–H and O–H groups in total. The van der Waals surface area contributed by atoms with E-state index in [-0.39, 0.29) is 27.0 Å². The number of carbonyl (C=O) groups is 1. The van der Waals surface area contributed by atoms with Crippen LogP contribution in [0.25, 0.3) is 0 Å². The maximum Gasteiger partial charge on any atom is 0.244 e. The van der Waals surface area contributed by atoms with Gasteiger partial charge >= 0.3 is 0 Å². The molecular formula is C20H23ClN2O5S2. The van der Waals surface area contributed by atoms with Gasteiger partial charge in [0.05, 0.1) is 17.0 Å². The number of hydrogen-bond acceptors (Lipinski definition) is 7. The third-order valence-electron chi connectivity index (χ3n) is 5.02. The lowest BCUT2D eigenvalue weighted by molar-refractivity contribution is 0.0989. The van der Waals surface area contributed by atoms with Crippen molar-refractivity contribution < 1.29 is 22.8 Å². The van der Waals surface area contributed by atoms with Gasteiger partial charge in [-0.3, -0.25) is 4.79 Å². The molecule has 30 heavy (non-hydrogen) atoms. The Balaban J connectivity index is 1.92. The molecule has 0 radical (unpaired) electrons. The second-order valence-electron chi connectivity index (χ2n) is 7.28. The number of benzene rings is 1. The van der Waals surface area contributed by atoms with Gasteiger partial charge < -0.3 is 9.57 Å². The van der Waals surface area contributed by atoms with Crippen molar-refractivity contribution in [1.82, 2.24) is 10.2 Å². The van der Waals surface area contributed by atoms with E-state index in [1.165, 1.54) is 19.3 Å². The molecule has 0 amide bonds. The molecule has 0 saturated heterocycles. The van der Waals surface area contributed by atoms with Gasteiger partial charge in [-0.05, 0) is 61.4 Å². The highest BCUT2D eigenvalue weighted by Gasteiger charge is 2.39. The third-order valence-corrected chi connectivity index (χ3v) is 8.16. The lowest BCUT2D eigenvalue weighted by atomic mass is 9.94. The van der Waals surface area contributed by atoms with Gasteiger partial charge in [0.1, 0.15) is 16.9 Å². The van der Waals surface area contributed by atoms with Gasteiger partial charge in [-0.2, -0.15) is 4.72 Å². The number of halogens is 1. The molecule has 0 aliphatic carbocycles. The van der Waals surface area contributed by atoms with Gasteiger partial charge in [0, 0.05) is 6.42 Å². The minimum atomic E-state index is -4.05. The van der Waals surface area contributed by atoms with Crippen molar-refractivity contribution in [2.75, 3.05) is 7.11 Å². The first kappa shape index (κ1) is 22.8. The van der Waals surface area contributed by atoms with E-state index in [1.807, 2.05) is 26.8 Å². The predicted molar refractivity (Wildman–Crippen MR) is 116 cm³/mol. The van der Waals surface area contributed by atoms with Gasteiger partial charge in [0.2, 0.25) is 10.0 Å². The fourth-order valence-electron chi connectivity index (χ4n) is 3.50. The normalized spacial score (nSPS) is 18.8. The first-order valence-electron chi connectivity index (χ1n) is 9.07. The lowest BCUT2D eigenvalue weighted by Crippen LogP contribution is -2.53. The first-order chi connectivity index (χ1) is 14.0. The van der Waals surface area contributed by atoms with E-state index in [1.54, 1.807) is 12.5 Å². The summed E-state index contributed by atoms with van der Waals surface area (Å²) in [4.78, 5) is 18.1. The second-order valence-corrected chi connectivity index (χ2v) is 10.3. The predicted octanol–water partition coefficient (Wildman–Crippen LogP) is 3.72. The zero-order valence-electron chi connectivity index (χ0n) is 17.3. The molecular weight excluding hydrogens is 448 g/mol. The van der Waals surface area contributed by atoms with Crippen LogP contribution < -0.4 is 14.9 Å². The van der Waals surface area contributed by atoms with E-state index in [0.717, 1.165) is 39.3 Å². The van der Waals surface area contributed by atoms with Crippen molar-refractivity contribution in [3.63, 3.8) is 0 Å². The van der Waals surface area contributed by atoms with Crippen molar-refractivity contribution in [2.24, 2.45) is 0 Å². The van der Waals surface area contributed by atoms with Crippen LogP contribution in [0, 0.1) is 20.8 Å². The Kier molecular flexibility index (Phi) is 6.31. The number of ether oxygens (including phenoxy) is 1. The van der Waals surface area contributed by atoms with Gasteiger partial charge in [-0.15, -0.1) is 16.8 Å². The number of ketones is 1. The van der Waals surface area contributed by atoms with Crippen LogP contribution in [0.4, 0.5) is 0 Å². The fraction of sp³-hybridized carbons (Fsp3) is 0.350. The Hall–Kier alpha value is -1.91. The molecule has 162 valence electrons. The van der Waals surface area contributed by atoms with Crippen LogP contribution in [0.1, 0.15) is 38.8 Å². The number of sulfonamides is 1. The van der Waals surface area contributed by atoms with E-state index < -0.39 is 15.7 Å². The van der Waals surface area contributed by atoms with E-state index in [0.29, 0.717) is 0 Å². The van der Waals surface area contributed by atoms with Crippen molar-refractivity contribution in [1.29, 1.82) is 0 Å². The number of hydroxylamine groups is 1. The van der Waals surface area contributed by atoms with E-state index in [4.69, 9.17) is 21.2 Å². The number of rotatable bonds is 7. The van der Waals surface area contributed by atoms with Crippen molar-refractivity contribution >= 4 is 38.7 Å². The smallest absolute Gasteiger partial charge is 0.244 e. The average molecular weight is 471 g/mol. The maximum absolute atomic E-state index is 13.1. The highest BCUT2D eigenvalue weighted by Crippen LogP contribution is 2.32. The number of thiophene rings is 1. The van der Waals surface area contributed by atoms with Crippen LogP contribution in [0.15, 0.2) is 33.7 Å². The van der Waals surface area contributed by atoms with Crippen LogP contribution in [0.2, 0.25) is 0 Å². The van der Waals surface area contributed by atoms with Gasteiger partial charge in [-0.1, -0.05) is 17.7 Å². The lowest BCUT2D eigenvalue weighted by Gasteiger charge is -2.24. The topological polar surface area (TPSA) is 93.7 Å². The number of carbonyl (C=O) groups excluding carboxylic acids is 1. The van der Waals surface area contributed by atoms with Gasteiger partial charge in [0.25, 0.3) is 0 Å². The van der Waals surface area contributed by atoms with Crippen LogP contribution >= 0.6 is 22.9 Å². The Morgan fingerprint density at radius 3 is 2.63 bits per heavy atom. The summed E-state index contributed by atoms with van der Waals surface area (Å²) in [6, 6.07) is 3.37. The van der Waals surface area contributed by atoms with Crippen LogP contribution in [-0.2, 0) is 21.3 Å². The number of methoxy groups -OCH3 is 1. The highest BCUT2D eigenvalue weighted by molar-refractivity contribution is 7.89. The molecule has 7 nitrogen and oxygen atoms in total. The highest BCUT2D eigenvalue weighted by atomic mass is 35.5. The Morgan fingerprint density at radius 1 is 1.33 bits per heavy atom. The number of hydrogen-bond donors (Lipinski definition) is 2. The molecule has 1 unspecified atom stereocenters. The average Bonchev–Trinajstić information content (AvgIpc) is 3.26. The minimum Gasteiger partial charge on any atom is -0.496 e. The molecule has 1 aromatic heterocycles. The van der Waals surface area contributed by atoms with Crippen molar-refractivity contribution in [3.8, 4) is 5.75 Å². The standard InChI is InChI=1S/C20H23ClN2O5S2/c1-11-8-12(2)18(27-5)13(3)14(11)9-15(24)19-16(6-7-29-19)30(25,26)23-20(4)17(21)10-28-22-20/h6-8,10,22-23H,9H2,1-5H3. The molecule has 1 atom stereocenters. The van der Waals surface area contributed by atoms with Gasteiger partial charge in [-0.25, -0.2) is 8.42 Å². The largest absolute Gasteiger partial charge is 0.496 e. The zero-order valence-corrected chi connectivity index (χ0v) is 19.6. The Labute approximate surface area is 185 Å². The van der Waals surface area contributed by atoms with Crippen molar-refractivity contribution in [3.05, 3.63) is 55.9 Å². The fourth-order valence-corrected chi connectivity index (χ4v) is 6.38. The summed E-state index contributed by atoms with van der Waals surface area (Å²) in [5, 5.41) is 1.72. The summed E-state index contributed by atoms with van der Waals surface area (Å²) in [7, 11) is -2.46. The molecule has 10 heteroatoms. The van der Waals surface area contributed by atoms with E-state index in [9.17, 15) is 13.2 Å². The van der Waals surface area contributed by atoms with Crippen LogP contribution in [-0.4, -0.2) is 27.0 Å². The molecule has 0 fully saturated rings. The molecule has 0 spiro atoms. The molecule has 0 bridgehead atoms. The summed E-state index contributed by atoms with van der Waals surface area (Å²) in [6.45, 7) is 7.29. The summed E-state index contributed by atoms with van der Waals surface area (Å²) < 4.78 is 33.9. The van der Waals surface area contributed by atoms with Crippen LogP contribution in [0.3, 0.4) is 0 Å². The summed E-state index contributed by atoms with van der Waals surface area (Å²) in [5.41, 5.74) is 4.83. The number of aryl methyl sites for hydroxylation is 2. The summed E-state index contributed by atoms with van der Waals surface area (Å²) in [6.07, 6.45) is 1.27. The third kappa shape index (κ3) is 4.13. The van der Waals surface area contributed by atoms with Crippen molar-refractivity contribution in [2.45, 2.75) is 44.7 Å². The molecule has 3 rings (SSSR count). The SMILES string of the molecule is COc1c(C)cc(C)c(CC(=O)c2sccc2S(=O)(=O)NC2(C)NOC=C2Cl)c1C. The molecule has 2 heterocycles. The first-order valence-corrected chi connectivity index (χ1v) is 11.8. The molecule has 1 aliphatic heterocycles. The van der Waals surface area contributed by atoms with Crippen LogP contribution in [0.5, 0.6) is 5.75 Å². The zero-order chi connectivity index (χ0) is 22.3. The summed E-state index contributed by atoms with van der Waals surface area (Å²) in [5.74, 6) is 0.440. The maximum atomic E-state index is 13.1. The van der Waals surface area contributed by atoms with E-state index in [2.05, 4.69) is 10.2 Å². The molecule has 1 aromatic carbocycles. The molecule has 0 saturated carbocycles. The second kappa shape index (κ2) is 8.32. The monoisotopic (exact) mass is 470 g/mol. The van der Waals surface area contributed by atoms with E-state index >= 15 is 0 Å². The molecule has 2 aromatic rings. The Bertz CT molecular complexity index is 1140. The Morgan fingerprint density at radius 2 is 2.03 bits per heavy atom. The minimum absolute atomic E-state index is 0.0661. The summed E-state index contributed by atoms with van der Waals surface area (Å²) >= 11 is 7.13. The van der Waals surface area contributed by atoms with Gasteiger partial charge in [0.15, 0.2) is 11.4 Å². The number of Topliss-reactive ketones (excluding diaryl/α,β-unsaturated/α-hetero) is 1. The quantitative estimate of drug-likeness (QED) is 0.599.